The summed E-state index contributed by atoms with van der Waals surface area (Å²) in [6.07, 6.45) is 17.0. The van der Waals surface area contributed by atoms with E-state index >= 15 is 0 Å². The van der Waals surface area contributed by atoms with Crippen molar-refractivity contribution in [2.24, 2.45) is 5.10 Å². The molecule has 72 heavy (non-hydrogen) atoms. The molecule has 1 aromatic heterocycles. The van der Waals surface area contributed by atoms with E-state index in [2.05, 4.69) is 28.7 Å². The molecule has 15 nitrogen and oxygen atoms in total. The average molecular weight is 998 g/mol. The first kappa shape index (κ1) is 55.0. The van der Waals surface area contributed by atoms with Crippen molar-refractivity contribution in [1.82, 2.24) is 4.98 Å². The van der Waals surface area contributed by atoms with Gasteiger partial charge < -0.3 is 28.4 Å². The van der Waals surface area contributed by atoms with Crippen molar-refractivity contribution >= 4 is 80.9 Å². The average Bonchev–Trinajstić information content (AvgIpc) is 3.81. The number of carbonyl (C=O) groups is 6. The minimum atomic E-state index is -0.483. The Hall–Kier alpha value is -7.98. The lowest BCUT2D eigenvalue weighted by atomic mass is 10.1. The summed E-state index contributed by atoms with van der Waals surface area (Å²) in [5.41, 5.74) is 7.52. The standard InChI is InChI=1S/C56H59N3O12S/c1-3-50(60)66-35-11-5-7-13-37-68-52(62)31-25-41-17-21-43(22-18-41)27-33-54(64)70-46-29-30-48(45(39-46)40-57-59-56-58-47-15-9-10-16-49(47)72-56)71-55(65)34-28-44-23-19-42(20-24-44)26-32-53(63)69-38-14-8-6-12-36-67-51(61)4-2/h3-4,9-10,15-26,29-32,39-40H,1-2,5-8,11-14,27-28,33-38H2,(H,58,59)/b31-25+,32-26+,57-40+. The van der Waals surface area contributed by atoms with E-state index < -0.39 is 35.8 Å². The van der Waals surface area contributed by atoms with Crippen LogP contribution in [0, 0.1) is 0 Å². The van der Waals surface area contributed by atoms with Crippen LogP contribution in [0.4, 0.5) is 5.13 Å². The van der Waals surface area contributed by atoms with Gasteiger partial charge in [0.05, 0.1) is 42.9 Å². The van der Waals surface area contributed by atoms with E-state index in [0.29, 0.717) is 62.8 Å². The van der Waals surface area contributed by atoms with Gasteiger partial charge in [-0.05, 0) is 129 Å². The van der Waals surface area contributed by atoms with Crippen molar-refractivity contribution in [1.29, 1.82) is 0 Å². The number of thiazole rings is 1. The van der Waals surface area contributed by atoms with Gasteiger partial charge in [-0.3, -0.25) is 15.0 Å². The topological polar surface area (TPSA) is 195 Å². The smallest absolute Gasteiger partial charge is 0.330 e. The summed E-state index contributed by atoms with van der Waals surface area (Å²) >= 11 is 1.43. The van der Waals surface area contributed by atoms with E-state index in [4.69, 9.17) is 28.4 Å². The van der Waals surface area contributed by atoms with Crippen LogP contribution >= 0.6 is 11.3 Å². The van der Waals surface area contributed by atoms with E-state index in [-0.39, 0.29) is 24.3 Å². The van der Waals surface area contributed by atoms with Gasteiger partial charge >= 0.3 is 35.8 Å². The van der Waals surface area contributed by atoms with Gasteiger partial charge in [0.15, 0.2) is 0 Å². The van der Waals surface area contributed by atoms with Crippen LogP contribution in [0.2, 0.25) is 0 Å². The molecule has 0 aliphatic rings. The molecule has 0 fully saturated rings. The predicted molar refractivity (Wildman–Crippen MR) is 277 cm³/mol. The van der Waals surface area contributed by atoms with E-state index in [1.807, 2.05) is 72.8 Å². The Bertz CT molecular complexity index is 2660. The zero-order chi connectivity index (χ0) is 51.2. The number of rotatable bonds is 31. The van der Waals surface area contributed by atoms with Gasteiger partial charge in [-0.15, -0.1) is 0 Å². The number of aromatic nitrogens is 1. The summed E-state index contributed by atoms with van der Waals surface area (Å²) in [6, 6.07) is 27.2. The minimum absolute atomic E-state index is 0.0733. The molecular weight excluding hydrogens is 939 g/mol. The molecule has 0 aliphatic carbocycles. The second-order valence-electron chi connectivity index (χ2n) is 16.1. The summed E-state index contributed by atoms with van der Waals surface area (Å²) < 4.78 is 32.9. The molecule has 0 spiro atoms. The van der Waals surface area contributed by atoms with Crippen molar-refractivity contribution in [3.63, 3.8) is 0 Å². The van der Waals surface area contributed by atoms with Crippen LogP contribution in [0.1, 0.15) is 92.0 Å². The Morgan fingerprint density at radius 1 is 0.569 bits per heavy atom. The molecule has 0 amide bonds. The maximum absolute atomic E-state index is 13.2. The number of nitrogens with one attached hydrogen (secondary N) is 1. The Labute approximate surface area is 423 Å². The highest BCUT2D eigenvalue weighted by Gasteiger charge is 2.14. The molecule has 16 heteroatoms. The monoisotopic (exact) mass is 997 g/mol. The molecule has 0 radical (unpaired) electrons. The molecular formula is C56H59N3O12S. The number of hydrazone groups is 1. The number of ether oxygens (including phenoxy) is 6. The number of aryl methyl sites for hydroxylation is 2. The number of unbranched alkanes of at least 4 members (excludes halogenated alkanes) is 6. The Balaban J connectivity index is 1.07. The second-order valence-corrected chi connectivity index (χ2v) is 17.1. The maximum Gasteiger partial charge on any atom is 0.330 e. The van der Waals surface area contributed by atoms with E-state index in [9.17, 15) is 28.8 Å². The SMILES string of the molecule is C=CC(=O)OCCCCCCOC(=O)/C=C/c1ccc(CCC(=O)Oc2ccc(OC(=O)CCc3ccc(/C=C/C(=O)OCCCCCCOC(=O)C=C)cc3)c(/C=N/Nc3nc4ccccc4s3)c2)cc1. The zero-order valence-corrected chi connectivity index (χ0v) is 40.9. The predicted octanol–water partition coefficient (Wildman–Crippen LogP) is 10.5. The van der Waals surface area contributed by atoms with Gasteiger partial charge in [-0.25, -0.2) is 24.2 Å². The molecule has 5 rings (SSSR count). The quantitative estimate of drug-likeness (QED) is 0.00837. The van der Waals surface area contributed by atoms with Crippen molar-refractivity contribution in [3.8, 4) is 11.5 Å². The molecule has 0 saturated carbocycles. The highest BCUT2D eigenvalue weighted by Crippen LogP contribution is 2.27. The first-order valence-electron chi connectivity index (χ1n) is 23.7. The van der Waals surface area contributed by atoms with Crippen molar-refractivity contribution < 1.29 is 57.2 Å². The molecule has 1 heterocycles. The van der Waals surface area contributed by atoms with Gasteiger partial charge in [-0.2, -0.15) is 5.10 Å². The number of esters is 6. The lowest BCUT2D eigenvalue weighted by Gasteiger charge is -2.10. The molecule has 0 bridgehead atoms. The fourth-order valence-corrected chi connectivity index (χ4v) is 7.47. The fraction of sp³-hybridized carbons (Fsp3) is 0.286. The summed E-state index contributed by atoms with van der Waals surface area (Å²) in [5.74, 6) is -2.26. The van der Waals surface area contributed by atoms with Gasteiger partial charge in [0, 0.05) is 42.7 Å². The van der Waals surface area contributed by atoms with Crippen LogP contribution in [0.3, 0.4) is 0 Å². The summed E-state index contributed by atoms with van der Waals surface area (Å²) in [6.45, 7) is 7.99. The molecule has 0 unspecified atom stereocenters. The third-order valence-corrected chi connectivity index (χ3v) is 11.4. The Morgan fingerprint density at radius 3 is 1.56 bits per heavy atom. The molecule has 0 saturated heterocycles. The molecule has 4 aromatic carbocycles. The molecule has 0 atom stereocenters. The number of para-hydroxylation sites is 1. The minimum Gasteiger partial charge on any atom is -0.463 e. The van der Waals surface area contributed by atoms with Gasteiger partial charge in [0.25, 0.3) is 0 Å². The molecule has 1 N–H and O–H groups in total. The molecule has 5 aromatic rings. The highest BCUT2D eigenvalue weighted by atomic mass is 32.1. The van der Waals surface area contributed by atoms with Crippen LogP contribution in [-0.4, -0.2) is 73.4 Å². The molecule has 0 aliphatic heterocycles. The van der Waals surface area contributed by atoms with Gasteiger partial charge in [-0.1, -0.05) is 85.2 Å². The second kappa shape index (κ2) is 31.3. The molecule has 376 valence electrons. The van der Waals surface area contributed by atoms with Crippen molar-refractivity contribution in [2.45, 2.75) is 77.0 Å². The van der Waals surface area contributed by atoms with E-state index in [1.54, 1.807) is 30.4 Å². The number of hydrogen-bond donors (Lipinski definition) is 1. The summed E-state index contributed by atoms with van der Waals surface area (Å²) in [5, 5.41) is 4.91. The first-order valence-corrected chi connectivity index (χ1v) is 24.5. The number of fused-ring (bicyclic) bond motifs is 1. The lowest BCUT2D eigenvalue weighted by molar-refractivity contribution is -0.139. The number of hydrogen-bond acceptors (Lipinski definition) is 16. The van der Waals surface area contributed by atoms with Crippen LogP contribution in [0.15, 0.2) is 134 Å². The van der Waals surface area contributed by atoms with Crippen LogP contribution in [0.25, 0.3) is 22.4 Å². The Morgan fingerprint density at radius 2 is 1.06 bits per heavy atom. The zero-order valence-electron chi connectivity index (χ0n) is 40.1. The summed E-state index contributed by atoms with van der Waals surface area (Å²) in [7, 11) is 0. The number of nitrogens with zero attached hydrogens (tertiary/aromatic N) is 2. The summed E-state index contributed by atoms with van der Waals surface area (Å²) in [4.78, 5) is 77.2. The van der Waals surface area contributed by atoms with E-state index in [1.165, 1.54) is 29.7 Å². The van der Waals surface area contributed by atoms with Crippen LogP contribution < -0.4 is 14.9 Å². The van der Waals surface area contributed by atoms with Gasteiger partial charge in [0.2, 0.25) is 5.13 Å². The largest absolute Gasteiger partial charge is 0.463 e. The van der Waals surface area contributed by atoms with Crippen LogP contribution in [0.5, 0.6) is 11.5 Å². The van der Waals surface area contributed by atoms with Crippen LogP contribution in [-0.2, 0) is 60.6 Å². The lowest BCUT2D eigenvalue weighted by Crippen LogP contribution is -2.12. The van der Waals surface area contributed by atoms with Crippen molar-refractivity contribution in [2.75, 3.05) is 31.9 Å². The van der Waals surface area contributed by atoms with Gasteiger partial charge in [0.1, 0.15) is 11.5 Å². The third kappa shape index (κ3) is 21.3. The number of carbonyl (C=O) groups excluding carboxylic acids is 6. The maximum atomic E-state index is 13.2. The van der Waals surface area contributed by atoms with Crippen molar-refractivity contribution in [3.05, 3.63) is 156 Å². The number of anilines is 1. The highest BCUT2D eigenvalue weighted by molar-refractivity contribution is 7.22. The normalized spacial score (nSPS) is 11.1. The first-order chi connectivity index (χ1) is 35.1. The third-order valence-electron chi connectivity index (χ3n) is 10.5. The fourth-order valence-electron chi connectivity index (χ4n) is 6.65. The van der Waals surface area contributed by atoms with E-state index in [0.717, 1.165) is 83.1 Å². The Kier molecular flexibility index (Phi) is 23.9. The number of benzene rings is 4.